The molecular formula is C23H19N5O16S5. The molecule has 4 aromatic carbocycles. The van der Waals surface area contributed by atoms with E-state index in [1.807, 2.05) is 0 Å². The molecule has 0 saturated carbocycles. The summed E-state index contributed by atoms with van der Waals surface area (Å²) in [6, 6.07) is 5.70. The van der Waals surface area contributed by atoms with Gasteiger partial charge in [-0.1, -0.05) is 6.07 Å². The van der Waals surface area contributed by atoms with Crippen LogP contribution in [0.4, 0.5) is 28.4 Å². The Kier molecular flexibility index (Phi) is 9.46. The van der Waals surface area contributed by atoms with Gasteiger partial charge in [-0.3, -0.25) is 22.8 Å². The van der Waals surface area contributed by atoms with Crippen molar-refractivity contribution in [1.82, 2.24) is 0 Å². The zero-order valence-corrected chi connectivity index (χ0v) is 27.9. The predicted octanol–water partition coefficient (Wildman–Crippen LogP) is 3.50. The molecule has 0 aliphatic carbocycles. The average Bonchev–Trinajstić information content (AvgIpc) is 2.92. The minimum absolute atomic E-state index is 0.371. The number of nitrogens with two attached hydrogens (primary N) is 1. The smallest absolute Gasteiger partial charge is 0.296 e. The van der Waals surface area contributed by atoms with Crippen LogP contribution in [0, 0.1) is 6.92 Å². The molecule has 262 valence electrons. The summed E-state index contributed by atoms with van der Waals surface area (Å²) < 4.78 is 168. The molecular weight excluding hydrogens is 763 g/mol. The van der Waals surface area contributed by atoms with E-state index in [2.05, 4.69) is 20.5 Å². The van der Waals surface area contributed by atoms with Gasteiger partial charge in [-0.2, -0.15) is 42.1 Å². The van der Waals surface area contributed by atoms with E-state index in [1.54, 1.807) is 0 Å². The molecule has 4 rings (SSSR count). The second-order valence-corrected chi connectivity index (χ2v) is 16.7. The van der Waals surface area contributed by atoms with Gasteiger partial charge in [-0.25, -0.2) is 0 Å². The van der Waals surface area contributed by atoms with Crippen LogP contribution in [0.5, 0.6) is 5.75 Å². The van der Waals surface area contributed by atoms with E-state index in [1.165, 1.54) is 13.0 Å². The Morgan fingerprint density at radius 1 is 0.531 bits per heavy atom. The lowest BCUT2D eigenvalue weighted by Gasteiger charge is -2.14. The number of nitrogens with zero attached hydrogens (tertiary/aromatic N) is 4. The molecule has 0 aliphatic rings. The van der Waals surface area contributed by atoms with Crippen LogP contribution in [0.3, 0.4) is 0 Å². The molecule has 4 aromatic rings. The van der Waals surface area contributed by atoms with Crippen LogP contribution in [0.25, 0.3) is 10.8 Å². The van der Waals surface area contributed by atoms with E-state index in [0.29, 0.717) is 35.9 Å². The fourth-order valence-corrected chi connectivity index (χ4v) is 7.23. The molecule has 21 nitrogen and oxygen atoms in total. The van der Waals surface area contributed by atoms with Gasteiger partial charge in [0.2, 0.25) is 0 Å². The second-order valence-electron chi connectivity index (χ2n) is 9.68. The minimum Gasteiger partial charge on any atom is -0.505 e. The molecule has 49 heavy (non-hydrogen) atoms. The van der Waals surface area contributed by atoms with Crippen molar-refractivity contribution in [1.29, 1.82) is 0 Å². The second kappa shape index (κ2) is 12.4. The lowest BCUT2D eigenvalue weighted by molar-refractivity contribution is 0.472. The molecule has 0 amide bonds. The number of phenols is 1. The number of hydrogen-bond acceptors (Lipinski definition) is 16. The summed E-state index contributed by atoms with van der Waals surface area (Å²) in [6.07, 6.45) is 0. The van der Waals surface area contributed by atoms with Gasteiger partial charge in [0.15, 0.2) is 5.75 Å². The van der Waals surface area contributed by atoms with Gasteiger partial charge >= 0.3 is 0 Å². The highest BCUT2D eigenvalue weighted by Crippen LogP contribution is 2.48. The zero-order valence-electron chi connectivity index (χ0n) is 23.8. The number of hydrogen-bond donors (Lipinski definition) is 7. The molecule has 0 unspecified atom stereocenters. The fourth-order valence-electron chi connectivity index (χ4n) is 4.19. The van der Waals surface area contributed by atoms with Gasteiger partial charge in [-0.05, 0) is 60.3 Å². The van der Waals surface area contributed by atoms with E-state index < -0.39 is 120 Å². The first-order chi connectivity index (χ1) is 22.2. The number of azo groups is 2. The van der Waals surface area contributed by atoms with Gasteiger partial charge in [0.25, 0.3) is 50.6 Å². The number of anilines is 1. The monoisotopic (exact) mass is 781 g/mol. The standard InChI is InChI=1S/C23H19N5O16S5/c1-10-2-4-15(46(33,34)35)13(6-10)25-28-22-18(49(42,43)44)8-11-7-17(48(39,40)41)21(20(24)19(11)23(22)29)27-26-14-9-12(45(30,31)32)3-5-16(14)47(36,37)38/h2-9,29H,24H2,1H3,(H,30,31,32)(H,33,34,35)(H,36,37,38)(H,39,40,41)(H,42,43,44)/b27-26?,28-25-. The molecule has 0 radical (unpaired) electrons. The van der Waals surface area contributed by atoms with Crippen LogP contribution in [0.2, 0.25) is 0 Å². The van der Waals surface area contributed by atoms with E-state index in [-0.39, 0.29) is 0 Å². The number of nitrogen functional groups attached to an aromatic ring is 1. The molecule has 0 heterocycles. The topological polar surface area (TPSA) is 368 Å². The SMILES string of the molecule is Cc1ccc(S(=O)(=O)O)c(/N=N\c2c(S(=O)(=O)O)cc3cc(S(=O)(=O)O)c(N=Nc4cc(S(=O)(=O)O)ccc4S(=O)(=O)O)c(N)c3c2O)c1. The number of rotatable bonds is 9. The maximum Gasteiger partial charge on any atom is 0.296 e. The highest BCUT2D eigenvalue weighted by molar-refractivity contribution is 7.87. The highest BCUT2D eigenvalue weighted by atomic mass is 32.2. The zero-order chi connectivity index (χ0) is 37.1. The van der Waals surface area contributed by atoms with Gasteiger partial charge in [-0.15, -0.1) is 20.5 Å². The summed E-state index contributed by atoms with van der Waals surface area (Å²) in [5.41, 5.74) is 1.64. The molecule has 0 atom stereocenters. The van der Waals surface area contributed by atoms with Crippen molar-refractivity contribution in [2.24, 2.45) is 20.5 Å². The van der Waals surface area contributed by atoms with Crippen molar-refractivity contribution >= 4 is 89.8 Å². The summed E-state index contributed by atoms with van der Waals surface area (Å²) in [5.74, 6) is -1.28. The maximum atomic E-state index is 12.3. The van der Waals surface area contributed by atoms with E-state index in [0.717, 1.165) is 12.1 Å². The summed E-state index contributed by atoms with van der Waals surface area (Å²) in [6.45, 7) is 1.48. The Balaban J connectivity index is 2.11. The van der Waals surface area contributed by atoms with Gasteiger partial charge < -0.3 is 10.8 Å². The van der Waals surface area contributed by atoms with Crippen molar-refractivity contribution in [2.45, 2.75) is 31.4 Å². The first-order valence-corrected chi connectivity index (χ1v) is 19.5. The molecule has 26 heteroatoms. The Hall–Kier alpha value is -4.51. The van der Waals surface area contributed by atoms with Crippen LogP contribution in [-0.4, -0.2) is 70.0 Å². The number of fused-ring (bicyclic) bond motifs is 1. The Bertz CT molecular complexity index is 2710. The number of aryl methyl sites for hydroxylation is 1. The van der Waals surface area contributed by atoms with Gasteiger partial charge in [0.05, 0.1) is 16.0 Å². The molecule has 0 spiro atoms. The summed E-state index contributed by atoms with van der Waals surface area (Å²) in [7, 11) is -25.9. The molecule has 0 aliphatic heterocycles. The molecule has 0 saturated heterocycles. The van der Waals surface area contributed by atoms with Crippen molar-refractivity contribution in [2.75, 3.05) is 5.73 Å². The Morgan fingerprint density at radius 2 is 0.959 bits per heavy atom. The molecule has 0 bridgehead atoms. The third-order valence-corrected chi connectivity index (χ3v) is 10.7. The first-order valence-electron chi connectivity index (χ1n) is 12.3. The normalized spacial score (nSPS) is 13.5. The Labute approximate surface area is 276 Å². The Morgan fingerprint density at radius 3 is 1.43 bits per heavy atom. The van der Waals surface area contributed by atoms with Crippen molar-refractivity contribution < 1.29 is 70.0 Å². The lowest BCUT2D eigenvalue weighted by atomic mass is 10.1. The molecule has 0 aromatic heterocycles. The fraction of sp³-hybridized carbons (Fsp3) is 0.0435. The largest absolute Gasteiger partial charge is 0.505 e. The first kappa shape index (κ1) is 37.3. The van der Waals surface area contributed by atoms with Crippen LogP contribution >= 0.6 is 0 Å². The highest BCUT2D eigenvalue weighted by Gasteiger charge is 2.29. The van der Waals surface area contributed by atoms with Crippen LogP contribution in [0.1, 0.15) is 5.56 Å². The van der Waals surface area contributed by atoms with Gasteiger partial charge in [0.1, 0.15) is 42.3 Å². The quantitative estimate of drug-likeness (QED) is 0.0725. The van der Waals surface area contributed by atoms with E-state index in [9.17, 15) is 70.0 Å². The predicted molar refractivity (Wildman–Crippen MR) is 165 cm³/mol. The van der Waals surface area contributed by atoms with Crippen LogP contribution < -0.4 is 5.73 Å². The van der Waals surface area contributed by atoms with Crippen molar-refractivity contribution in [3.8, 4) is 5.75 Å². The number of phenolic OH excluding ortho intramolecular Hbond substituents is 1. The number of benzene rings is 4. The van der Waals surface area contributed by atoms with Gasteiger partial charge in [0, 0.05) is 0 Å². The third kappa shape index (κ3) is 7.88. The van der Waals surface area contributed by atoms with E-state index >= 15 is 0 Å². The average molecular weight is 782 g/mol. The van der Waals surface area contributed by atoms with Crippen LogP contribution in [-0.2, 0) is 50.6 Å². The van der Waals surface area contributed by atoms with Crippen molar-refractivity contribution in [3.63, 3.8) is 0 Å². The molecule has 8 N–H and O–H groups in total. The summed E-state index contributed by atoms with van der Waals surface area (Å²) in [4.78, 5) is -5.41. The number of aromatic hydroxyl groups is 1. The van der Waals surface area contributed by atoms with Crippen LogP contribution in [0.15, 0.2) is 93.5 Å². The van der Waals surface area contributed by atoms with E-state index in [4.69, 9.17) is 5.73 Å². The third-order valence-electron chi connectivity index (χ3n) is 6.28. The lowest BCUT2D eigenvalue weighted by Crippen LogP contribution is -2.04. The summed E-state index contributed by atoms with van der Waals surface area (Å²) >= 11 is 0. The maximum absolute atomic E-state index is 12.3. The molecule has 0 fully saturated rings. The van der Waals surface area contributed by atoms with Crippen molar-refractivity contribution in [3.05, 3.63) is 54.1 Å². The summed E-state index contributed by atoms with van der Waals surface area (Å²) in [5, 5.41) is 23.7. The minimum atomic E-state index is -5.42.